The average molecular weight is 337 g/mol. The number of carbonyl (C=O) groups excluding carboxylic acids is 1. The largest absolute Gasteiger partial charge is 0.480 e. The van der Waals surface area contributed by atoms with Gasteiger partial charge in [-0.2, -0.15) is 0 Å². The monoisotopic (exact) mass is 337 g/mol. The fourth-order valence-electron chi connectivity index (χ4n) is 2.29. The van der Waals surface area contributed by atoms with Crippen molar-refractivity contribution in [1.29, 1.82) is 0 Å². The summed E-state index contributed by atoms with van der Waals surface area (Å²) in [4.78, 5) is 43.6. The molecule has 0 aliphatic heterocycles. The number of carboxylic acids is 1. The number of H-pyrrole nitrogens is 1. The number of aromatic amines is 1. The Morgan fingerprint density at radius 3 is 2.57 bits per heavy atom. The van der Waals surface area contributed by atoms with Crippen LogP contribution in [0.5, 0.6) is 0 Å². The summed E-state index contributed by atoms with van der Waals surface area (Å²) in [7, 11) is 0. The number of thiophene rings is 1. The highest BCUT2D eigenvalue weighted by molar-refractivity contribution is 7.20. The van der Waals surface area contributed by atoms with E-state index in [1.54, 1.807) is 20.8 Å². The first kappa shape index (κ1) is 17.1. The van der Waals surface area contributed by atoms with E-state index < -0.39 is 17.9 Å². The van der Waals surface area contributed by atoms with Crippen molar-refractivity contribution >= 4 is 33.4 Å². The molecule has 124 valence electrons. The van der Waals surface area contributed by atoms with Crippen LogP contribution < -0.4 is 10.9 Å². The summed E-state index contributed by atoms with van der Waals surface area (Å²) in [5.41, 5.74) is 0.241. The van der Waals surface area contributed by atoms with Crippen LogP contribution in [0.4, 0.5) is 0 Å². The minimum Gasteiger partial charge on any atom is -0.480 e. The number of nitrogens with zero attached hydrogens (tertiary/aromatic N) is 1. The van der Waals surface area contributed by atoms with Gasteiger partial charge in [0.25, 0.3) is 11.5 Å². The van der Waals surface area contributed by atoms with Crippen LogP contribution in [-0.2, 0) is 11.2 Å². The zero-order valence-electron chi connectivity index (χ0n) is 13.4. The van der Waals surface area contributed by atoms with E-state index in [2.05, 4.69) is 15.3 Å². The Hall–Kier alpha value is -2.22. The van der Waals surface area contributed by atoms with Crippen molar-refractivity contribution in [3.8, 4) is 0 Å². The number of hydrogen-bond acceptors (Lipinski definition) is 5. The molecule has 0 saturated carbocycles. The molecule has 0 bridgehead atoms. The maximum Gasteiger partial charge on any atom is 0.326 e. The Morgan fingerprint density at radius 2 is 2.04 bits per heavy atom. The number of aromatic nitrogens is 2. The molecule has 1 unspecified atom stereocenters. The summed E-state index contributed by atoms with van der Waals surface area (Å²) in [6, 6.07) is -0.982. The molecule has 2 aromatic heterocycles. The molecule has 8 heteroatoms. The Balaban J connectivity index is 2.46. The topological polar surface area (TPSA) is 112 Å². The lowest BCUT2D eigenvalue weighted by atomic mass is 10.0. The van der Waals surface area contributed by atoms with Crippen molar-refractivity contribution in [2.45, 2.75) is 40.2 Å². The third-order valence-corrected chi connectivity index (χ3v) is 4.79. The van der Waals surface area contributed by atoms with E-state index in [0.717, 1.165) is 11.3 Å². The van der Waals surface area contributed by atoms with Crippen molar-refractivity contribution < 1.29 is 14.7 Å². The highest BCUT2D eigenvalue weighted by Gasteiger charge is 2.26. The first-order valence-corrected chi connectivity index (χ1v) is 8.13. The van der Waals surface area contributed by atoms with Gasteiger partial charge in [-0.3, -0.25) is 9.59 Å². The zero-order chi connectivity index (χ0) is 17.3. The number of fused-ring (bicyclic) bond motifs is 1. The number of rotatable bonds is 5. The second kappa shape index (κ2) is 6.49. The molecular weight excluding hydrogens is 318 g/mol. The molecule has 0 aromatic carbocycles. The highest BCUT2D eigenvalue weighted by Crippen LogP contribution is 2.27. The van der Waals surface area contributed by atoms with E-state index in [9.17, 15) is 19.5 Å². The van der Waals surface area contributed by atoms with Crippen LogP contribution >= 0.6 is 11.3 Å². The average Bonchev–Trinajstić information content (AvgIpc) is 2.81. The second-order valence-corrected chi connectivity index (χ2v) is 6.63. The van der Waals surface area contributed by atoms with Crippen molar-refractivity contribution in [3.63, 3.8) is 0 Å². The van der Waals surface area contributed by atoms with Crippen LogP contribution in [0.25, 0.3) is 10.2 Å². The predicted octanol–water partition coefficient (Wildman–Crippen LogP) is 1.69. The van der Waals surface area contributed by atoms with Crippen LogP contribution in [0.15, 0.2) is 4.79 Å². The minimum absolute atomic E-state index is 0.251. The van der Waals surface area contributed by atoms with Gasteiger partial charge < -0.3 is 15.4 Å². The minimum atomic E-state index is -1.09. The van der Waals surface area contributed by atoms with Gasteiger partial charge >= 0.3 is 5.97 Å². The van der Waals surface area contributed by atoms with Gasteiger partial charge in [-0.25, -0.2) is 9.78 Å². The molecule has 3 N–H and O–H groups in total. The van der Waals surface area contributed by atoms with Gasteiger partial charge in [0.05, 0.1) is 10.3 Å². The maximum atomic E-state index is 12.4. The number of aliphatic carboxylic acids is 1. The second-order valence-electron chi connectivity index (χ2n) is 5.64. The van der Waals surface area contributed by atoms with Crippen LogP contribution in [0.2, 0.25) is 0 Å². The molecule has 7 nitrogen and oxygen atoms in total. The smallest absolute Gasteiger partial charge is 0.326 e. The van der Waals surface area contributed by atoms with Crippen LogP contribution in [0, 0.1) is 12.8 Å². The highest BCUT2D eigenvalue weighted by atomic mass is 32.1. The molecule has 23 heavy (non-hydrogen) atoms. The van der Waals surface area contributed by atoms with Crippen molar-refractivity contribution in [1.82, 2.24) is 15.3 Å². The summed E-state index contributed by atoms with van der Waals surface area (Å²) in [5.74, 6) is -1.28. The van der Waals surface area contributed by atoms with E-state index in [-0.39, 0.29) is 11.5 Å². The molecule has 2 rings (SSSR count). The van der Waals surface area contributed by atoms with Crippen molar-refractivity contribution in [2.24, 2.45) is 5.92 Å². The number of nitrogens with one attached hydrogen (secondary N) is 2. The molecule has 2 aromatic rings. The molecule has 1 atom stereocenters. The van der Waals surface area contributed by atoms with Gasteiger partial charge in [0, 0.05) is 6.42 Å². The molecule has 0 saturated heterocycles. The van der Waals surface area contributed by atoms with Crippen molar-refractivity contribution in [3.05, 3.63) is 26.6 Å². The van der Waals surface area contributed by atoms with E-state index in [1.165, 1.54) is 0 Å². The number of carbonyl (C=O) groups is 2. The van der Waals surface area contributed by atoms with Gasteiger partial charge in [0.15, 0.2) is 0 Å². The van der Waals surface area contributed by atoms with E-state index in [0.29, 0.717) is 32.9 Å². The summed E-state index contributed by atoms with van der Waals surface area (Å²) < 4.78 is 0. The lowest BCUT2D eigenvalue weighted by Gasteiger charge is -2.17. The number of amides is 1. The van der Waals surface area contributed by atoms with Gasteiger partial charge in [0.2, 0.25) is 0 Å². The maximum absolute atomic E-state index is 12.4. The normalized spacial score (nSPS) is 12.6. The molecule has 0 fully saturated rings. The Labute approximate surface area is 136 Å². The SMILES string of the molecule is CCc1nc2sc(C(=O)NC(C(=O)O)C(C)C)c(C)c2c(=O)[nH]1. The van der Waals surface area contributed by atoms with Gasteiger partial charge in [-0.05, 0) is 18.4 Å². The Morgan fingerprint density at radius 1 is 1.39 bits per heavy atom. The third-order valence-electron chi connectivity index (χ3n) is 3.61. The van der Waals surface area contributed by atoms with E-state index >= 15 is 0 Å². The fraction of sp³-hybridized carbons (Fsp3) is 0.467. The van der Waals surface area contributed by atoms with Crippen LogP contribution in [0.3, 0.4) is 0 Å². The molecule has 0 radical (unpaired) electrons. The number of carboxylic acid groups (broad SMARTS) is 1. The van der Waals surface area contributed by atoms with Crippen molar-refractivity contribution in [2.75, 3.05) is 0 Å². The molecule has 0 spiro atoms. The Bertz CT molecular complexity index is 822. The molecule has 1 amide bonds. The van der Waals surface area contributed by atoms with Crippen LogP contribution in [0.1, 0.15) is 41.8 Å². The first-order chi connectivity index (χ1) is 10.8. The Kier molecular flexibility index (Phi) is 4.84. The lowest BCUT2D eigenvalue weighted by Crippen LogP contribution is -2.44. The summed E-state index contributed by atoms with van der Waals surface area (Å²) >= 11 is 1.11. The molecule has 2 heterocycles. The summed E-state index contributed by atoms with van der Waals surface area (Å²) in [5, 5.41) is 12.1. The molecule has 0 aliphatic carbocycles. The van der Waals surface area contributed by atoms with E-state index in [4.69, 9.17) is 0 Å². The predicted molar refractivity (Wildman–Crippen MR) is 88.1 cm³/mol. The van der Waals surface area contributed by atoms with Gasteiger partial charge in [-0.1, -0.05) is 20.8 Å². The van der Waals surface area contributed by atoms with Crippen LogP contribution in [-0.4, -0.2) is 33.0 Å². The molecular formula is C15H19N3O4S. The quantitative estimate of drug-likeness (QED) is 0.768. The standard InChI is InChI=1S/C15H19N3O4S/c1-5-8-16-12(19)9-7(4)11(23-14(9)17-8)13(20)18-10(6(2)3)15(21)22/h6,10H,5H2,1-4H3,(H,18,20)(H,21,22)(H,16,17,19). The summed E-state index contributed by atoms with van der Waals surface area (Å²) in [6.45, 7) is 6.98. The zero-order valence-corrected chi connectivity index (χ0v) is 14.2. The lowest BCUT2D eigenvalue weighted by molar-refractivity contribution is -0.140. The van der Waals surface area contributed by atoms with E-state index in [1.807, 2.05) is 6.92 Å². The van der Waals surface area contributed by atoms with Gasteiger partial charge in [0.1, 0.15) is 16.7 Å². The third kappa shape index (κ3) is 3.26. The number of hydrogen-bond donors (Lipinski definition) is 3. The van der Waals surface area contributed by atoms with Gasteiger partial charge in [-0.15, -0.1) is 11.3 Å². The molecule has 0 aliphatic rings. The summed E-state index contributed by atoms with van der Waals surface area (Å²) in [6.07, 6.45) is 0.581. The number of aryl methyl sites for hydroxylation is 2. The fourth-order valence-corrected chi connectivity index (χ4v) is 3.40. The first-order valence-electron chi connectivity index (χ1n) is 7.32.